The molecule has 4 heteroatoms. The lowest BCUT2D eigenvalue weighted by atomic mass is 10.3. The number of hydrogen-bond donors (Lipinski definition) is 2. The molecule has 0 radical (unpaired) electrons. The van der Waals surface area contributed by atoms with Crippen LogP contribution in [0.5, 0.6) is 0 Å². The van der Waals surface area contributed by atoms with Crippen molar-refractivity contribution in [1.82, 2.24) is 0 Å². The van der Waals surface area contributed by atoms with Gasteiger partial charge in [0.1, 0.15) is 0 Å². The van der Waals surface area contributed by atoms with Gasteiger partial charge in [-0.1, -0.05) is 10.8 Å². The zero-order chi connectivity index (χ0) is 7.71. The molecule has 2 nitrogen and oxygen atoms in total. The molecule has 0 aromatic carbocycles. The highest BCUT2D eigenvalue weighted by atomic mass is 33.2. The molecule has 0 saturated carbocycles. The van der Waals surface area contributed by atoms with Crippen LogP contribution in [0.4, 0.5) is 0 Å². The maximum atomic E-state index is 11.3. The lowest BCUT2D eigenvalue weighted by Gasteiger charge is -2.30. The van der Waals surface area contributed by atoms with Crippen LogP contribution in [0, 0.1) is 0 Å². The van der Waals surface area contributed by atoms with E-state index < -0.39 is 9.15 Å². The molecule has 0 unspecified atom stereocenters. The first-order chi connectivity index (χ1) is 3.81. The fourth-order valence-electron chi connectivity index (χ4n) is 0.274. The summed E-state index contributed by atoms with van der Waals surface area (Å²) in [6.45, 7) is 5.68. The van der Waals surface area contributed by atoms with Gasteiger partial charge in [0.2, 0.25) is 0 Å². The van der Waals surface area contributed by atoms with Crippen LogP contribution >= 0.6 is 10.8 Å². The van der Waals surface area contributed by atoms with Gasteiger partial charge in [-0.2, -0.15) is 0 Å². The van der Waals surface area contributed by atoms with Gasteiger partial charge in [0.15, 0.2) is 0 Å². The van der Waals surface area contributed by atoms with Crippen molar-refractivity contribution >= 4 is 19.9 Å². The largest absolute Gasteiger partial charge is 0.266 e. The zero-order valence-electron chi connectivity index (χ0n) is 6.34. The van der Waals surface area contributed by atoms with E-state index in [9.17, 15) is 4.21 Å². The van der Waals surface area contributed by atoms with Gasteiger partial charge in [-0.3, -0.25) is 9.35 Å². The maximum absolute atomic E-state index is 11.3. The van der Waals surface area contributed by atoms with Crippen LogP contribution in [0.15, 0.2) is 0 Å². The standard InChI is InChI=1S/C5H15NOS2/c1-5(2,3)9(6,7)8-4/h9H,1-4H3,(H2,6,7). The molecule has 58 valence electrons. The second-order valence-corrected chi connectivity index (χ2v) is 8.57. The maximum Gasteiger partial charge on any atom is 0.0352 e. The summed E-state index contributed by atoms with van der Waals surface area (Å²) in [6, 6.07) is 0. The second kappa shape index (κ2) is 2.60. The molecule has 0 aliphatic rings. The van der Waals surface area contributed by atoms with E-state index in [1.54, 1.807) is 6.26 Å². The third-order valence-electron chi connectivity index (χ3n) is 1.21. The lowest BCUT2D eigenvalue weighted by molar-refractivity contribution is 0.646. The molecule has 0 aliphatic carbocycles. The van der Waals surface area contributed by atoms with Crippen molar-refractivity contribution in [3.8, 4) is 0 Å². The van der Waals surface area contributed by atoms with E-state index in [1.807, 2.05) is 20.8 Å². The number of rotatable bonds is 1. The van der Waals surface area contributed by atoms with E-state index in [1.165, 1.54) is 10.8 Å². The molecule has 2 N–H and O–H groups in total. The Balaban J connectivity index is 4.35. The Bertz CT molecular complexity index is 138. The summed E-state index contributed by atoms with van der Waals surface area (Å²) in [6.07, 6.45) is 1.78. The van der Waals surface area contributed by atoms with E-state index in [0.29, 0.717) is 0 Å². The summed E-state index contributed by atoms with van der Waals surface area (Å²) in [5.41, 5.74) is 0. The van der Waals surface area contributed by atoms with Gasteiger partial charge in [0.05, 0.1) is 0 Å². The van der Waals surface area contributed by atoms with E-state index in [2.05, 4.69) is 0 Å². The van der Waals surface area contributed by atoms with Crippen molar-refractivity contribution in [2.75, 3.05) is 6.26 Å². The Hall–Kier alpha value is 0.460. The summed E-state index contributed by atoms with van der Waals surface area (Å²) < 4.78 is 11.1. The highest BCUT2D eigenvalue weighted by molar-refractivity contribution is 8.76. The van der Waals surface area contributed by atoms with E-state index in [-0.39, 0.29) is 4.75 Å². The molecule has 0 rings (SSSR count). The third-order valence-corrected chi connectivity index (χ3v) is 6.89. The predicted octanol–water partition coefficient (Wildman–Crippen LogP) is 0.953. The lowest BCUT2D eigenvalue weighted by Crippen LogP contribution is -2.38. The molecule has 0 amide bonds. The van der Waals surface area contributed by atoms with Crippen molar-refractivity contribution in [2.45, 2.75) is 25.5 Å². The normalized spacial score (nSPS) is 15.7. The van der Waals surface area contributed by atoms with Crippen LogP contribution in [-0.4, -0.2) is 15.2 Å². The van der Waals surface area contributed by atoms with Crippen LogP contribution in [0.3, 0.4) is 0 Å². The monoisotopic (exact) mass is 169 g/mol. The minimum Gasteiger partial charge on any atom is -0.266 e. The minimum atomic E-state index is -2.44. The Labute approximate surface area is 61.5 Å². The Kier molecular flexibility index (Phi) is 2.73. The molecule has 0 aliphatic heterocycles. The molecule has 0 heterocycles. The van der Waals surface area contributed by atoms with Gasteiger partial charge in [0, 0.05) is 4.75 Å². The van der Waals surface area contributed by atoms with Gasteiger partial charge in [-0.15, -0.1) is 0 Å². The van der Waals surface area contributed by atoms with E-state index in [0.717, 1.165) is 0 Å². The first-order valence-corrected chi connectivity index (χ1v) is 6.36. The Morgan fingerprint density at radius 2 is 1.78 bits per heavy atom. The molecule has 0 spiro atoms. The molecule has 0 bridgehead atoms. The van der Waals surface area contributed by atoms with Crippen molar-refractivity contribution in [2.24, 2.45) is 5.14 Å². The molecule has 0 aromatic heterocycles. The molecular formula is C5H15NOS2. The number of thiol groups is 1. The summed E-state index contributed by atoms with van der Waals surface area (Å²) in [5, 5.41) is 5.51. The average Bonchev–Trinajstić information content (AvgIpc) is 1.64. The van der Waals surface area contributed by atoms with Gasteiger partial charge in [-0.05, 0) is 36.2 Å². The predicted molar refractivity (Wildman–Crippen MR) is 47.0 cm³/mol. The minimum absolute atomic E-state index is 0.258. The number of hydrogen-bond acceptors (Lipinski definition) is 2. The summed E-state index contributed by atoms with van der Waals surface area (Å²) in [4.78, 5) is 0. The summed E-state index contributed by atoms with van der Waals surface area (Å²) in [5.74, 6) is 0. The van der Waals surface area contributed by atoms with Crippen molar-refractivity contribution in [3.63, 3.8) is 0 Å². The fourth-order valence-corrected chi connectivity index (χ4v) is 2.46. The van der Waals surface area contributed by atoms with Crippen molar-refractivity contribution < 1.29 is 4.21 Å². The second-order valence-electron chi connectivity index (χ2n) is 2.95. The van der Waals surface area contributed by atoms with Crippen LogP contribution < -0.4 is 5.14 Å². The van der Waals surface area contributed by atoms with Crippen LogP contribution in [-0.2, 0) is 9.15 Å². The van der Waals surface area contributed by atoms with E-state index in [4.69, 9.17) is 5.14 Å². The topological polar surface area (TPSA) is 43.1 Å². The molecule has 0 aromatic rings. The van der Waals surface area contributed by atoms with Crippen LogP contribution in [0.1, 0.15) is 20.8 Å². The smallest absolute Gasteiger partial charge is 0.0352 e. The van der Waals surface area contributed by atoms with Gasteiger partial charge < -0.3 is 0 Å². The quantitative estimate of drug-likeness (QED) is 0.453. The average molecular weight is 169 g/mol. The van der Waals surface area contributed by atoms with E-state index >= 15 is 0 Å². The summed E-state index contributed by atoms with van der Waals surface area (Å²) >= 11 is 0. The van der Waals surface area contributed by atoms with Gasteiger partial charge >= 0.3 is 0 Å². The van der Waals surface area contributed by atoms with Crippen LogP contribution in [0.2, 0.25) is 0 Å². The van der Waals surface area contributed by atoms with Gasteiger partial charge in [-0.25, -0.2) is 0 Å². The highest BCUT2D eigenvalue weighted by Crippen LogP contribution is 2.27. The molecule has 0 saturated heterocycles. The first-order valence-electron chi connectivity index (χ1n) is 2.76. The van der Waals surface area contributed by atoms with Crippen molar-refractivity contribution in [3.05, 3.63) is 0 Å². The zero-order valence-corrected chi connectivity index (χ0v) is 8.05. The third kappa shape index (κ3) is 2.27. The van der Waals surface area contributed by atoms with Crippen LogP contribution in [0.25, 0.3) is 0 Å². The fraction of sp³-hybridized carbons (Fsp3) is 1.00. The molecular weight excluding hydrogens is 154 g/mol. The Morgan fingerprint density at radius 3 is 1.78 bits per heavy atom. The first kappa shape index (κ1) is 9.46. The van der Waals surface area contributed by atoms with Gasteiger partial charge in [0.25, 0.3) is 0 Å². The molecule has 0 fully saturated rings. The number of nitrogens with two attached hydrogens (primary N) is 1. The summed E-state index contributed by atoms with van der Waals surface area (Å²) in [7, 11) is -1.17. The Morgan fingerprint density at radius 1 is 1.44 bits per heavy atom. The molecule has 0 atom stereocenters. The molecule has 9 heavy (non-hydrogen) atoms. The highest BCUT2D eigenvalue weighted by Gasteiger charge is 2.24. The van der Waals surface area contributed by atoms with Crippen molar-refractivity contribution in [1.29, 1.82) is 0 Å². The SMILES string of the molecule is CS[SH](N)(=O)C(C)(C)C.